The second kappa shape index (κ2) is 11.5. The Kier molecular flexibility index (Phi) is 9.97. The molecule has 0 amide bonds. The van der Waals surface area contributed by atoms with Gasteiger partial charge in [0, 0.05) is 5.02 Å². The third-order valence-corrected chi connectivity index (χ3v) is 4.20. The highest BCUT2D eigenvalue weighted by Gasteiger charge is 2.23. The van der Waals surface area contributed by atoms with E-state index in [2.05, 4.69) is 19.9 Å². The summed E-state index contributed by atoms with van der Waals surface area (Å²) in [6.07, 6.45) is 4.76. The standard InChI is InChI=1S/C19H29ClO3/c1-4-7-9-15(5-2)19(16-10-8-11-17(20)14-16)23-13-12-18(21)22-6-3/h8,10-11,14-15,19H,4-7,9,12-13H2,1-3H3/t15-,19?/m0/s1. The van der Waals surface area contributed by atoms with Crippen molar-refractivity contribution in [2.45, 2.75) is 59.0 Å². The summed E-state index contributed by atoms with van der Waals surface area (Å²) >= 11 is 6.14. The van der Waals surface area contributed by atoms with E-state index in [0.717, 1.165) is 18.4 Å². The molecule has 3 nitrogen and oxygen atoms in total. The zero-order valence-electron chi connectivity index (χ0n) is 14.5. The zero-order chi connectivity index (χ0) is 17.1. The molecule has 2 atom stereocenters. The first-order chi connectivity index (χ1) is 11.1. The van der Waals surface area contributed by atoms with E-state index in [4.69, 9.17) is 21.1 Å². The Morgan fingerprint density at radius 2 is 2.04 bits per heavy atom. The zero-order valence-corrected chi connectivity index (χ0v) is 15.3. The van der Waals surface area contributed by atoms with Crippen molar-refractivity contribution >= 4 is 17.6 Å². The number of rotatable bonds is 11. The summed E-state index contributed by atoms with van der Waals surface area (Å²) < 4.78 is 11.1. The van der Waals surface area contributed by atoms with E-state index in [1.165, 1.54) is 12.8 Å². The first-order valence-corrected chi connectivity index (χ1v) is 9.02. The largest absolute Gasteiger partial charge is 0.466 e. The minimum atomic E-state index is -0.209. The average molecular weight is 341 g/mol. The maximum absolute atomic E-state index is 11.5. The van der Waals surface area contributed by atoms with Crippen molar-refractivity contribution in [1.29, 1.82) is 0 Å². The molecule has 0 fully saturated rings. The lowest BCUT2D eigenvalue weighted by atomic mass is 9.89. The number of halogens is 1. The Morgan fingerprint density at radius 1 is 1.26 bits per heavy atom. The van der Waals surface area contributed by atoms with Gasteiger partial charge in [0.25, 0.3) is 0 Å². The molecule has 0 saturated carbocycles. The Morgan fingerprint density at radius 3 is 2.65 bits per heavy atom. The van der Waals surface area contributed by atoms with Gasteiger partial charge < -0.3 is 9.47 Å². The predicted octanol–water partition coefficient (Wildman–Crippen LogP) is 5.57. The molecule has 1 aromatic carbocycles. The van der Waals surface area contributed by atoms with Gasteiger partial charge in [0.05, 0.1) is 25.7 Å². The predicted molar refractivity (Wildman–Crippen MR) is 94.7 cm³/mol. The van der Waals surface area contributed by atoms with Gasteiger partial charge in [0.2, 0.25) is 0 Å². The molecule has 1 aromatic rings. The van der Waals surface area contributed by atoms with E-state index in [-0.39, 0.29) is 18.5 Å². The molecule has 0 N–H and O–H groups in total. The van der Waals surface area contributed by atoms with Crippen LogP contribution >= 0.6 is 11.6 Å². The van der Waals surface area contributed by atoms with Crippen LogP contribution in [0.25, 0.3) is 0 Å². The Labute approximate surface area is 145 Å². The van der Waals surface area contributed by atoms with Crippen LogP contribution in [0.5, 0.6) is 0 Å². The summed E-state index contributed by atoms with van der Waals surface area (Å²) in [6.45, 7) is 6.98. The lowest BCUT2D eigenvalue weighted by Crippen LogP contribution is -2.18. The second-order valence-corrected chi connectivity index (χ2v) is 6.15. The summed E-state index contributed by atoms with van der Waals surface area (Å²) in [6, 6.07) is 7.83. The number of carbonyl (C=O) groups is 1. The third-order valence-electron chi connectivity index (χ3n) is 3.97. The topological polar surface area (TPSA) is 35.5 Å². The van der Waals surface area contributed by atoms with Crippen molar-refractivity contribution < 1.29 is 14.3 Å². The van der Waals surface area contributed by atoms with Crippen molar-refractivity contribution in [3.63, 3.8) is 0 Å². The molecule has 0 saturated heterocycles. The van der Waals surface area contributed by atoms with Crippen molar-refractivity contribution in [2.75, 3.05) is 13.2 Å². The van der Waals surface area contributed by atoms with Gasteiger partial charge in [0.15, 0.2) is 0 Å². The molecule has 23 heavy (non-hydrogen) atoms. The van der Waals surface area contributed by atoms with Crippen LogP contribution in [-0.4, -0.2) is 19.2 Å². The van der Waals surface area contributed by atoms with Crippen molar-refractivity contribution in [2.24, 2.45) is 5.92 Å². The van der Waals surface area contributed by atoms with Gasteiger partial charge in [-0.1, -0.05) is 56.8 Å². The van der Waals surface area contributed by atoms with E-state index >= 15 is 0 Å². The molecule has 0 aliphatic carbocycles. The lowest BCUT2D eigenvalue weighted by molar-refractivity contribution is -0.145. The molecular formula is C19H29ClO3. The normalized spacial score (nSPS) is 13.6. The van der Waals surface area contributed by atoms with Gasteiger partial charge in [-0.3, -0.25) is 4.79 Å². The molecule has 0 radical (unpaired) electrons. The van der Waals surface area contributed by atoms with Crippen LogP contribution in [0.1, 0.15) is 64.5 Å². The quantitative estimate of drug-likeness (QED) is 0.494. The molecule has 0 bridgehead atoms. The van der Waals surface area contributed by atoms with E-state index in [9.17, 15) is 4.79 Å². The van der Waals surface area contributed by atoms with Gasteiger partial charge in [-0.2, -0.15) is 0 Å². The number of unbranched alkanes of at least 4 members (excludes halogenated alkanes) is 1. The van der Waals surface area contributed by atoms with Crippen LogP contribution in [0.15, 0.2) is 24.3 Å². The van der Waals surface area contributed by atoms with Crippen molar-refractivity contribution in [3.05, 3.63) is 34.9 Å². The van der Waals surface area contributed by atoms with Crippen LogP contribution in [0.4, 0.5) is 0 Å². The van der Waals surface area contributed by atoms with Crippen LogP contribution in [0, 0.1) is 5.92 Å². The molecule has 0 spiro atoms. The van der Waals surface area contributed by atoms with Crippen LogP contribution < -0.4 is 0 Å². The molecule has 0 aliphatic rings. The Balaban J connectivity index is 2.77. The molecule has 1 rings (SSSR count). The third kappa shape index (κ3) is 7.36. The lowest BCUT2D eigenvalue weighted by Gasteiger charge is -2.27. The number of carbonyl (C=O) groups excluding carboxylic acids is 1. The summed E-state index contributed by atoms with van der Waals surface area (Å²) in [4.78, 5) is 11.5. The van der Waals surface area contributed by atoms with Gasteiger partial charge in [0.1, 0.15) is 0 Å². The highest BCUT2D eigenvalue weighted by atomic mass is 35.5. The molecule has 0 aliphatic heterocycles. The molecule has 1 unspecified atom stereocenters. The molecule has 130 valence electrons. The SMILES string of the molecule is CCCC[C@H](CC)C(OCCC(=O)OCC)c1cccc(Cl)c1. The van der Waals surface area contributed by atoms with Gasteiger partial charge in [-0.15, -0.1) is 0 Å². The molecular weight excluding hydrogens is 312 g/mol. The van der Waals surface area contributed by atoms with Crippen molar-refractivity contribution in [1.82, 2.24) is 0 Å². The number of hydrogen-bond acceptors (Lipinski definition) is 3. The Bertz CT molecular complexity index is 462. The number of benzene rings is 1. The monoisotopic (exact) mass is 340 g/mol. The number of esters is 1. The van der Waals surface area contributed by atoms with Gasteiger partial charge in [-0.05, 0) is 37.0 Å². The number of hydrogen-bond donors (Lipinski definition) is 0. The smallest absolute Gasteiger partial charge is 0.308 e. The van der Waals surface area contributed by atoms with Crippen molar-refractivity contribution in [3.8, 4) is 0 Å². The summed E-state index contributed by atoms with van der Waals surface area (Å²) in [5.41, 5.74) is 1.09. The molecule has 0 aromatic heterocycles. The highest BCUT2D eigenvalue weighted by molar-refractivity contribution is 6.30. The van der Waals surface area contributed by atoms with E-state index in [1.807, 2.05) is 25.1 Å². The highest BCUT2D eigenvalue weighted by Crippen LogP contribution is 2.33. The summed E-state index contributed by atoms with van der Waals surface area (Å²) in [5.74, 6) is 0.217. The first kappa shape index (κ1) is 20.0. The number of ether oxygens (including phenoxy) is 2. The van der Waals surface area contributed by atoms with Crippen LogP contribution in [0.3, 0.4) is 0 Å². The average Bonchev–Trinajstić information content (AvgIpc) is 2.54. The maximum atomic E-state index is 11.5. The van der Waals surface area contributed by atoms with E-state index in [1.54, 1.807) is 0 Å². The van der Waals surface area contributed by atoms with Crippen LogP contribution in [0.2, 0.25) is 5.02 Å². The van der Waals surface area contributed by atoms with Gasteiger partial charge >= 0.3 is 5.97 Å². The van der Waals surface area contributed by atoms with E-state index < -0.39 is 0 Å². The fraction of sp³-hybridized carbons (Fsp3) is 0.632. The maximum Gasteiger partial charge on any atom is 0.308 e. The first-order valence-electron chi connectivity index (χ1n) is 8.65. The van der Waals surface area contributed by atoms with E-state index in [0.29, 0.717) is 24.2 Å². The minimum Gasteiger partial charge on any atom is -0.466 e. The fourth-order valence-corrected chi connectivity index (χ4v) is 2.93. The molecule has 0 heterocycles. The fourth-order valence-electron chi connectivity index (χ4n) is 2.73. The second-order valence-electron chi connectivity index (χ2n) is 5.71. The van der Waals surface area contributed by atoms with Crippen LogP contribution in [-0.2, 0) is 14.3 Å². The van der Waals surface area contributed by atoms with Gasteiger partial charge in [-0.25, -0.2) is 0 Å². The summed E-state index contributed by atoms with van der Waals surface area (Å²) in [7, 11) is 0. The minimum absolute atomic E-state index is 0.0281. The molecule has 4 heteroatoms. The summed E-state index contributed by atoms with van der Waals surface area (Å²) in [5, 5.41) is 0.715. The Hall–Kier alpha value is -1.06.